The van der Waals surface area contributed by atoms with Gasteiger partial charge in [-0.25, -0.2) is 18.0 Å². The second-order valence-corrected chi connectivity index (χ2v) is 6.82. The first-order valence-corrected chi connectivity index (χ1v) is 8.30. The maximum Gasteiger partial charge on any atom is 0.341 e. The van der Waals surface area contributed by atoms with Crippen LogP contribution >= 0.6 is 0 Å². The molecular weight excluding hydrogens is 351 g/mol. The molecule has 1 unspecified atom stereocenters. The summed E-state index contributed by atoms with van der Waals surface area (Å²) in [7, 11) is 0. The van der Waals surface area contributed by atoms with E-state index in [1.165, 1.54) is 9.47 Å². The lowest BCUT2D eigenvalue weighted by atomic mass is 10.1. The third kappa shape index (κ3) is 2.38. The molecule has 1 aliphatic heterocycles. The largest absolute Gasteiger partial charge is 0.477 e. The Morgan fingerprint density at radius 3 is 2.38 bits per heavy atom. The lowest BCUT2D eigenvalue weighted by Crippen LogP contribution is -2.29. The molecule has 1 saturated heterocycles. The summed E-state index contributed by atoms with van der Waals surface area (Å²) in [6.07, 6.45) is 2.80. The number of hydrogen-bond donors (Lipinski definition) is 2. The molecule has 1 atom stereocenters. The highest BCUT2D eigenvalue weighted by Gasteiger charge is 2.34. The van der Waals surface area contributed by atoms with Crippen LogP contribution in [0.2, 0.25) is 0 Å². The summed E-state index contributed by atoms with van der Waals surface area (Å²) < 4.78 is 45.9. The number of aromatic carboxylic acids is 1. The first-order valence-electron chi connectivity index (χ1n) is 8.30. The average Bonchev–Trinajstić information content (AvgIpc) is 3.34. The van der Waals surface area contributed by atoms with Crippen molar-refractivity contribution in [3.05, 3.63) is 39.4 Å². The van der Waals surface area contributed by atoms with Crippen molar-refractivity contribution in [1.82, 2.24) is 4.57 Å². The minimum absolute atomic E-state index is 0.166. The maximum absolute atomic E-state index is 15.3. The highest BCUT2D eigenvalue weighted by atomic mass is 19.2. The number of nitrogens with two attached hydrogens (primary N) is 1. The Balaban J connectivity index is 2.09. The van der Waals surface area contributed by atoms with Gasteiger partial charge >= 0.3 is 5.97 Å². The number of benzene rings is 1. The summed E-state index contributed by atoms with van der Waals surface area (Å²) in [4.78, 5) is 25.0. The molecule has 1 saturated carbocycles. The Morgan fingerprint density at radius 2 is 1.85 bits per heavy atom. The molecule has 6 nitrogen and oxygen atoms in total. The van der Waals surface area contributed by atoms with E-state index in [4.69, 9.17) is 5.73 Å². The molecule has 2 heterocycles. The summed E-state index contributed by atoms with van der Waals surface area (Å²) in [5.41, 5.74) is 2.89. The number of carboxylic acid groups (broad SMARTS) is 1. The van der Waals surface area contributed by atoms with Gasteiger partial charge in [0.25, 0.3) is 0 Å². The summed E-state index contributed by atoms with van der Waals surface area (Å²) in [5, 5.41) is 8.33. The second-order valence-electron chi connectivity index (χ2n) is 6.82. The minimum Gasteiger partial charge on any atom is -0.477 e. The highest BCUT2D eigenvalue weighted by Crippen LogP contribution is 2.40. The number of carboxylic acids is 1. The van der Waals surface area contributed by atoms with Gasteiger partial charge in [0.15, 0.2) is 17.5 Å². The maximum atomic E-state index is 15.3. The average molecular weight is 367 g/mol. The predicted molar refractivity (Wildman–Crippen MR) is 88.1 cm³/mol. The molecule has 138 valence electrons. The van der Waals surface area contributed by atoms with Crippen molar-refractivity contribution in [2.75, 3.05) is 18.0 Å². The van der Waals surface area contributed by atoms with Gasteiger partial charge in [-0.05, 0) is 19.3 Å². The predicted octanol–water partition coefficient (Wildman–Crippen LogP) is 1.99. The quantitative estimate of drug-likeness (QED) is 0.810. The summed E-state index contributed by atoms with van der Waals surface area (Å²) >= 11 is 0. The number of nitrogens with zero attached hydrogens (tertiary/aromatic N) is 2. The van der Waals surface area contributed by atoms with Gasteiger partial charge in [0.1, 0.15) is 11.3 Å². The molecule has 1 aliphatic carbocycles. The molecule has 3 N–H and O–H groups in total. The Morgan fingerprint density at radius 1 is 1.15 bits per heavy atom. The fourth-order valence-electron chi connectivity index (χ4n) is 3.54. The van der Waals surface area contributed by atoms with E-state index in [2.05, 4.69) is 0 Å². The van der Waals surface area contributed by atoms with Crippen molar-refractivity contribution < 1.29 is 23.1 Å². The van der Waals surface area contributed by atoms with Crippen molar-refractivity contribution in [2.45, 2.75) is 31.3 Å². The van der Waals surface area contributed by atoms with Crippen molar-refractivity contribution >= 4 is 22.6 Å². The molecule has 9 heteroatoms. The van der Waals surface area contributed by atoms with Gasteiger partial charge < -0.3 is 20.3 Å². The van der Waals surface area contributed by atoms with Crippen LogP contribution in [0.4, 0.5) is 18.9 Å². The third-order valence-electron chi connectivity index (χ3n) is 4.98. The zero-order valence-electron chi connectivity index (χ0n) is 13.6. The van der Waals surface area contributed by atoms with E-state index in [-0.39, 0.29) is 25.2 Å². The monoisotopic (exact) mass is 367 g/mol. The summed E-state index contributed by atoms with van der Waals surface area (Å²) in [5.74, 6) is -5.65. The molecule has 0 amide bonds. The lowest BCUT2D eigenvalue weighted by Gasteiger charge is -2.22. The fourth-order valence-corrected chi connectivity index (χ4v) is 3.54. The van der Waals surface area contributed by atoms with Crippen LogP contribution in [0.15, 0.2) is 11.0 Å². The molecule has 4 rings (SSSR count). The number of aromatic nitrogens is 1. The van der Waals surface area contributed by atoms with Gasteiger partial charge in [-0.2, -0.15) is 0 Å². The highest BCUT2D eigenvalue weighted by molar-refractivity contribution is 5.94. The number of hydrogen-bond acceptors (Lipinski definition) is 4. The normalized spacial score (nSPS) is 20.2. The van der Waals surface area contributed by atoms with Gasteiger partial charge in [-0.3, -0.25) is 4.79 Å². The Labute approximate surface area is 145 Å². The van der Waals surface area contributed by atoms with E-state index in [0.29, 0.717) is 19.3 Å². The molecule has 1 aromatic heterocycles. The van der Waals surface area contributed by atoms with E-state index in [1.54, 1.807) is 0 Å². The molecule has 0 radical (unpaired) electrons. The number of carbonyl (C=O) groups is 1. The molecule has 1 aromatic carbocycles. The first kappa shape index (κ1) is 16.9. The van der Waals surface area contributed by atoms with Crippen LogP contribution in [0, 0.1) is 17.5 Å². The van der Waals surface area contributed by atoms with Crippen LogP contribution in [0.1, 0.15) is 35.7 Å². The third-order valence-corrected chi connectivity index (χ3v) is 4.98. The number of rotatable bonds is 3. The van der Waals surface area contributed by atoms with Gasteiger partial charge in [-0.15, -0.1) is 0 Å². The van der Waals surface area contributed by atoms with Gasteiger partial charge in [0.05, 0.1) is 10.9 Å². The van der Waals surface area contributed by atoms with Crippen LogP contribution < -0.4 is 16.1 Å². The number of pyridine rings is 1. The Kier molecular flexibility index (Phi) is 3.72. The number of anilines is 1. The van der Waals surface area contributed by atoms with Crippen LogP contribution in [-0.2, 0) is 0 Å². The molecule has 2 aromatic rings. The van der Waals surface area contributed by atoms with Gasteiger partial charge in [0.2, 0.25) is 5.43 Å². The summed E-state index contributed by atoms with van der Waals surface area (Å²) in [6, 6.07) is -0.531. The zero-order valence-corrected chi connectivity index (χ0v) is 13.6. The van der Waals surface area contributed by atoms with Crippen molar-refractivity contribution in [3.63, 3.8) is 0 Å². The second kappa shape index (κ2) is 5.73. The molecule has 0 bridgehead atoms. The number of fused-ring (bicyclic) bond motifs is 1. The van der Waals surface area contributed by atoms with E-state index in [1.807, 2.05) is 0 Å². The van der Waals surface area contributed by atoms with Gasteiger partial charge in [-0.1, -0.05) is 0 Å². The molecule has 2 aliphatic rings. The minimum atomic E-state index is -1.57. The van der Waals surface area contributed by atoms with Gasteiger partial charge in [0, 0.05) is 31.4 Å². The van der Waals surface area contributed by atoms with Crippen molar-refractivity contribution in [3.8, 4) is 0 Å². The van der Waals surface area contributed by atoms with E-state index < -0.39 is 51.0 Å². The van der Waals surface area contributed by atoms with Crippen molar-refractivity contribution in [1.29, 1.82) is 0 Å². The van der Waals surface area contributed by atoms with E-state index in [9.17, 15) is 23.5 Å². The molecule has 0 spiro atoms. The molecule has 26 heavy (non-hydrogen) atoms. The molecular formula is C17H16F3N3O3. The zero-order chi connectivity index (χ0) is 18.7. The first-order chi connectivity index (χ1) is 12.3. The Bertz CT molecular complexity index is 1000. The van der Waals surface area contributed by atoms with Crippen LogP contribution in [0.25, 0.3) is 10.9 Å². The lowest BCUT2D eigenvalue weighted by molar-refractivity contribution is 0.0694. The van der Waals surface area contributed by atoms with E-state index in [0.717, 1.165) is 6.20 Å². The number of halogens is 3. The van der Waals surface area contributed by atoms with E-state index >= 15 is 4.39 Å². The topological polar surface area (TPSA) is 88.6 Å². The molecule has 2 fully saturated rings. The smallest absolute Gasteiger partial charge is 0.341 e. The summed E-state index contributed by atoms with van der Waals surface area (Å²) in [6.45, 7) is 0.431. The SMILES string of the molecule is NC1CCN(c2c(F)c(F)c3c(=O)c(C(=O)O)cn(C4CC4)c3c2F)C1. The van der Waals surface area contributed by atoms with Crippen LogP contribution in [0.3, 0.4) is 0 Å². The standard InChI is InChI=1S/C17H16F3N3O3/c18-11-10-14(13(20)15(12(11)19)22-4-3-7(21)5-22)23(8-1-2-8)6-9(16(10)24)17(25)26/h6-8H,1-5,21H2,(H,25,26). The fraction of sp³-hybridized carbons (Fsp3) is 0.412. The Hall–Kier alpha value is -2.55. The van der Waals surface area contributed by atoms with Crippen LogP contribution in [0.5, 0.6) is 0 Å². The van der Waals surface area contributed by atoms with Crippen molar-refractivity contribution in [2.24, 2.45) is 5.73 Å². The van der Waals surface area contributed by atoms with Crippen LogP contribution in [-0.4, -0.2) is 34.8 Å².